The van der Waals surface area contributed by atoms with Crippen LogP contribution in [0.25, 0.3) is 16.0 Å². The van der Waals surface area contributed by atoms with E-state index in [1.54, 1.807) is 6.07 Å². The molecule has 0 aliphatic rings. The zero-order valence-electron chi connectivity index (χ0n) is 9.55. The van der Waals surface area contributed by atoms with Crippen molar-refractivity contribution in [3.05, 3.63) is 58.6 Å². The lowest BCUT2D eigenvalue weighted by Crippen LogP contribution is -2.26. The van der Waals surface area contributed by atoms with E-state index in [0.29, 0.717) is 0 Å². The lowest BCUT2D eigenvalue weighted by molar-refractivity contribution is -0.134. The molecule has 8 nitrogen and oxygen atoms in total. The molecule has 0 atom stereocenters. The normalized spacial score (nSPS) is 8.63. The fourth-order valence-corrected chi connectivity index (χ4v) is 1.24. The molecule has 0 spiro atoms. The van der Waals surface area contributed by atoms with E-state index < -0.39 is 17.5 Å². The van der Waals surface area contributed by atoms with Crippen molar-refractivity contribution in [3.8, 4) is 0 Å². The molecule has 0 saturated carbocycles. The number of ether oxygens (including phenoxy) is 1. The monoisotopic (exact) mass is 257 g/mol. The van der Waals surface area contributed by atoms with Gasteiger partial charge < -0.3 is 10.3 Å². The van der Waals surface area contributed by atoms with Crippen LogP contribution in [0.1, 0.15) is 10.4 Å². The molecular formula is C11H7N5O3. The van der Waals surface area contributed by atoms with Gasteiger partial charge in [-0.1, -0.05) is 36.0 Å². The third kappa shape index (κ3) is 3.13. The number of carbonyl (C=O) groups excluding carboxylic acids is 2. The van der Waals surface area contributed by atoms with E-state index in [1.807, 2.05) is 0 Å². The Labute approximate surface area is 107 Å². The number of hydrogen-bond donors (Lipinski definition) is 0. The highest BCUT2D eigenvalue weighted by Crippen LogP contribution is 2.19. The van der Waals surface area contributed by atoms with E-state index in [1.165, 1.54) is 18.2 Å². The zero-order valence-corrected chi connectivity index (χ0v) is 9.55. The first-order chi connectivity index (χ1) is 9.15. The number of esters is 1. The minimum Gasteiger partial charge on any atom is -0.426 e. The van der Waals surface area contributed by atoms with Crippen LogP contribution in [0.5, 0.6) is 0 Å². The summed E-state index contributed by atoms with van der Waals surface area (Å²) in [4.78, 5) is 28.5. The average molecular weight is 257 g/mol. The van der Waals surface area contributed by atoms with Crippen LogP contribution in [0, 0.1) is 0 Å². The first-order valence-corrected chi connectivity index (χ1v) is 4.88. The largest absolute Gasteiger partial charge is 0.446 e. The van der Waals surface area contributed by atoms with Crippen molar-refractivity contribution in [2.75, 3.05) is 0 Å². The molecule has 0 aliphatic heterocycles. The van der Waals surface area contributed by atoms with Gasteiger partial charge in [-0.25, -0.2) is 4.79 Å². The molecule has 19 heavy (non-hydrogen) atoms. The number of rotatable bonds is 5. The van der Waals surface area contributed by atoms with E-state index in [0.717, 1.165) is 6.26 Å². The number of Topliss-reactive ketones (excluding diaryl/α,β-unsaturated/α-hetero) is 1. The minimum atomic E-state index is -1.17. The fourth-order valence-electron chi connectivity index (χ4n) is 1.24. The van der Waals surface area contributed by atoms with Gasteiger partial charge in [0.2, 0.25) is 0 Å². The molecule has 0 N–H and O–H groups in total. The van der Waals surface area contributed by atoms with Crippen molar-refractivity contribution >= 4 is 23.2 Å². The second-order valence-electron chi connectivity index (χ2n) is 3.06. The van der Waals surface area contributed by atoms with Crippen LogP contribution in [0.3, 0.4) is 0 Å². The Morgan fingerprint density at radius 2 is 2.00 bits per heavy atom. The molecule has 0 radical (unpaired) electrons. The van der Waals surface area contributed by atoms with Crippen molar-refractivity contribution in [1.29, 1.82) is 0 Å². The summed E-state index contributed by atoms with van der Waals surface area (Å²) in [5.41, 5.74) is 16.1. The van der Waals surface area contributed by atoms with Crippen molar-refractivity contribution in [2.24, 2.45) is 5.11 Å². The molecule has 1 rings (SSSR count). The molecule has 0 saturated heterocycles. The molecule has 94 valence electrons. The van der Waals surface area contributed by atoms with Crippen molar-refractivity contribution in [3.63, 3.8) is 0 Å². The highest BCUT2D eigenvalue weighted by atomic mass is 16.5. The Balaban J connectivity index is 3.26. The van der Waals surface area contributed by atoms with E-state index in [-0.39, 0.29) is 11.3 Å². The third-order valence-corrected chi connectivity index (χ3v) is 2.00. The SMILES string of the molecule is C=COC(=O)C(=[N+]=[N-])C(=O)c1ccccc1N=[N+]=[N-]. The van der Waals surface area contributed by atoms with Gasteiger partial charge in [-0.15, -0.1) is 0 Å². The molecule has 0 aliphatic carbocycles. The van der Waals surface area contributed by atoms with E-state index in [2.05, 4.69) is 26.1 Å². The van der Waals surface area contributed by atoms with Crippen LogP contribution >= 0.6 is 0 Å². The molecule has 1 aromatic rings. The third-order valence-electron chi connectivity index (χ3n) is 2.00. The van der Waals surface area contributed by atoms with Crippen LogP contribution in [-0.2, 0) is 9.53 Å². The summed E-state index contributed by atoms with van der Waals surface area (Å²) >= 11 is 0. The lowest BCUT2D eigenvalue weighted by atomic mass is 10.1. The van der Waals surface area contributed by atoms with Crippen LogP contribution in [0.4, 0.5) is 5.69 Å². The van der Waals surface area contributed by atoms with Crippen molar-refractivity contribution < 1.29 is 19.1 Å². The summed E-state index contributed by atoms with van der Waals surface area (Å²) in [6.45, 7) is 3.14. The second-order valence-corrected chi connectivity index (χ2v) is 3.06. The van der Waals surface area contributed by atoms with Gasteiger partial charge in [-0.05, 0) is 5.53 Å². The first-order valence-electron chi connectivity index (χ1n) is 4.88. The molecule has 0 fully saturated rings. The predicted molar refractivity (Wildman–Crippen MR) is 64.5 cm³/mol. The summed E-state index contributed by atoms with van der Waals surface area (Å²) in [6.07, 6.45) is 0.792. The number of azide groups is 1. The highest BCUT2D eigenvalue weighted by Gasteiger charge is 2.33. The maximum absolute atomic E-state index is 12.0. The van der Waals surface area contributed by atoms with Gasteiger partial charge in [0.15, 0.2) is 0 Å². The first kappa shape index (κ1) is 13.9. The smallest absolute Gasteiger partial charge is 0.426 e. The van der Waals surface area contributed by atoms with Crippen molar-refractivity contribution in [1.82, 2.24) is 0 Å². The quantitative estimate of drug-likeness (QED) is 0.117. The highest BCUT2D eigenvalue weighted by molar-refractivity contribution is 6.66. The summed E-state index contributed by atoms with van der Waals surface area (Å²) in [5, 5.41) is 3.30. The number of carbonyl (C=O) groups is 2. The fraction of sp³-hybridized carbons (Fsp3) is 0. The Bertz CT molecular complexity index is 639. The Morgan fingerprint density at radius 1 is 1.32 bits per heavy atom. The maximum Gasteiger partial charge on any atom is 0.446 e. The molecular weight excluding hydrogens is 250 g/mol. The molecule has 0 heterocycles. The molecule has 0 bridgehead atoms. The molecule has 0 unspecified atom stereocenters. The predicted octanol–water partition coefficient (Wildman–Crippen LogP) is 2.17. The lowest BCUT2D eigenvalue weighted by Gasteiger charge is -2.00. The molecule has 1 aromatic carbocycles. The molecule has 0 amide bonds. The van der Waals surface area contributed by atoms with Crippen molar-refractivity contribution in [2.45, 2.75) is 0 Å². The Hall–Kier alpha value is -3.21. The van der Waals surface area contributed by atoms with Gasteiger partial charge in [0.25, 0.3) is 5.78 Å². The zero-order chi connectivity index (χ0) is 14.3. The van der Waals surface area contributed by atoms with Gasteiger partial charge in [-0.2, -0.15) is 4.79 Å². The summed E-state index contributed by atoms with van der Waals surface area (Å²) in [6, 6.07) is 5.73. The number of nitrogens with zero attached hydrogens (tertiary/aromatic N) is 5. The number of benzene rings is 1. The van der Waals surface area contributed by atoms with Crippen LogP contribution in [-0.4, -0.2) is 22.3 Å². The molecule has 0 aromatic heterocycles. The van der Waals surface area contributed by atoms with Crippen LogP contribution in [0.2, 0.25) is 0 Å². The maximum atomic E-state index is 12.0. The van der Waals surface area contributed by atoms with Gasteiger partial charge in [-0.3, -0.25) is 4.79 Å². The average Bonchev–Trinajstić information content (AvgIpc) is 2.40. The van der Waals surface area contributed by atoms with Gasteiger partial charge in [0, 0.05) is 16.2 Å². The van der Waals surface area contributed by atoms with E-state index >= 15 is 0 Å². The minimum absolute atomic E-state index is 0.00236. The Kier molecular flexibility index (Phi) is 4.74. The standard InChI is InChI=1S/C11H7N5O3/c1-2-19-11(18)9(14-12)10(17)7-5-3-4-6-8(7)15-16-13/h2-6H,1H2. The number of hydrogen-bond acceptors (Lipinski definition) is 4. The topological polar surface area (TPSA) is 129 Å². The van der Waals surface area contributed by atoms with Crippen LogP contribution in [0.15, 0.2) is 42.2 Å². The van der Waals surface area contributed by atoms with Gasteiger partial charge >= 0.3 is 11.7 Å². The summed E-state index contributed by atoms with van der Waals surface area (Å²) in [5.74, 6) is -2.10. The number of ketones is 1. The van der Waals surface area contributed by atoms with E-state index in [4.69, 9.17) is 11.1 Å². The summed E-state index contributed by atoms with van der Waals surface area (Å²) in [7, 11) is 0. The van der Waals surface area contributed by atoms with Crippen LogP contribution < -0.4 is 0 Å². The second kappa shape index (κ2) is 6.51. The summed E-state index contributed by atoms with van der Waals surface area (Å²) < 4.78 is 4.35. The molecule has 8 heteroatoms. The Morgan fingerprint density at radius 3 is 2.58 bits per heavy atom. The van der Waals surface area contributed by atoms with E-state index in [9.17, 15) is 9.59 Å². The van der Waals surface area contributed by atoms with Gasteiger partial charge in [0.1, 0.15) is 0 Å². The van der Waals surface area contributed by atoms with Gasteiger partial charge in [0.05, 0.1) is 6.26 Å².